The fourth-order valence-corrected chi connectivity index (χ4v) is 9.74. The van der Waals surface area contributed by atoms with Crippen molar-refractivity contribution in [3.8, 4) is 0 Å². The summed E-state index contributed by atoms with van der Waals surface area (Å²) in [5, 5.41) is 4.11. The number of cyclic esters (lactones) is 4. The third-order valence-electron chi connectivity index (χ3n) is 14.2. The minimum Gasteiger partial charge on any atom is -0.451 e. The molecule has 0 radical (unpaired) electrons. The van der Waals surface area contributed by atoms with Crippen molar-refractivity contribution in [1.29, 1.82) is 0 Å². The van der Waals surface area contributed by atoms with Crippen LogP contribution in [0.15, 0.2) is 54.6 Å². The van der Waals surface area contributed by atoms with Crippen molar-refractivity contribution < 1.29 is 70.5 Å². The predicted molar refractivity (Wildman–Crippen MR) is 291 cm³/mol. The van der Waals surface area contributed by atoms with E-state index in [0.717, 1.165) is 19.6 Å². The summed E-state index contributed by atoms with van der Waals surface area (Å²) in [5.41, 5.74) is 0.562. The normalized spacial score (nSPS) is 23.5. The number of carbonyl (C=O) groups excluding carboxylic acids is 8. The van der Waals surface area contributed by atoms with E-state index in [4.69, 9.17) is 18.9 Å². The maximum atomic E-state index is 15.0. The summed E-state index contributed by atoms with van der Waals surface area (Å²) >= 11 is 0. The van der Waals surface area contributed by atoms with E-state index < -0.39 is 108 Å². The van der Waals surface area contributed by atoms with Gasteiger partial charge < -0.3 is 38.5 Å². The molecule has 8 atom stereocenters. The summed E-state index contributed by atoms with van der Waals surface area (Å²) in [5.74, 6) is -7.98. The number of hydrogen-bond donors (Lipinski definition) is 0. The van der Waals surface area contributed by atoms with Gasteiger partial charge >= 0.3 is 30.1 Å². The first-order valence-corrected chi connectivity index (χ1v) is 27.3. The Hall–Kier alpha value is -6.80. The lowest BCUT2D eigenvalue weighted by atomic mass is 9.99. The molecule has 1 aliphatic rings. The second kappa shape index (κ2) is 28.6. The highest BCUT2D eigenvalue weighted by Gasteiger charge is 2.43. The van der Waals surface area contributed by atoms with E-state index in [1.807, 2.05) is 27.7 Å². The second-order valence-electron chi connectivity index (χ2n) is 22.8. The maximum absolute atomic E-state index is 15.0. The average Bonchev–Trinajstić information content (AvgIpc) is 3.67. The van der Waals surface area contributed by atoms with Crippen LogP contribution in [0.5, 0.6) is 0 Å². The SMILES string of the molecule is Cc1nn(Cc2ccc(C[C@H]3OC(=O)[C@H](CC(C)C)N(C)C(=O)[C@@H](C)OC(=O)[C@H](CC(C)C)N(C)C(=O)[C@@H](Cc4ccccc4)OC(=O)[C@H](CC(C)C)N(C)C(=O)[C@@H](C)OC(=O)[C@H](CC(C)C)N(C)C3=O)cc2)c(C)c1C(F)(F)F. The van der Waals surface area contributed by atoms with Crippen LogP contribution in [-0.2, 0) is 82.9 Å². The van der Waals surface area contributed by atoms with E-state index >= 15 is 0 Å². The molecule has 0 N–H and O–H groups in total. The molecule has 0 unspecified atom stereocenters. The van der Waals surface area contributed by atoms with Gasteiger partial charge in [-0.15, -0.1) is 0 Å². The van der Waals surface area contributed by atoms with Gasteiger partial charge in [-0.1, -0.05) is 110 Å². The van der Waals surface area contributed by atoms with Crippen molar-refractivity contribution in [1.82, 2.24) is 29.4 Å². The molecule has 0 bridgehead atoms. The lowest BCUT2D eigenvalue weighted by molar-refractivity contribution is -0.176. The molecule has 1 aromatic heterocycles. The number of aromatic nitrogens is 2. The Labute approximate surface area is 468 Å². The van der Waals surface area contributed by atoms with Crippen LogP contribution in [0.3, 0.4) is 0 Å². The molecule has 1 saturated heterocycles. The van der Waals surface area contributed by atoms with Gasteiger partial charge in [0, 0.05) is 46.7 Å². The zero-order valence-corrected chi connectivity index (χ0v) is 49.3. The monoisotopic (exact) mass is 1120 g/mol. The van der Waals surface area contributed by atoms with Crippen LogP contribution < -0.4 is 0 Å². The summed E-state index contributed by atoms with van der Waals surface area (Å²) in [6.07, 6.45) is -11.1. The minimum atomic E-state index is -4.61. The number of ether oxygens (including phenoxy) is 4. The molecule has 442 valence electrons. The number of rotatable bonds is 14. The molecule has 0 saturated carbocycles. The number of carbonyl (C=O) groups is 8. The minimum absolute atomic E-state index is 0.0188. The maximum Gasteiger partial charge on any atom is 0.419 e. The number of benzene rings is 2. The van der Waals surface area contributed by atoms with Crippen LogP contribution in [0, 0.1) is 37.5 Å². The van der Waals surface area contributed by atoms with E-state index in [1.54, 1.807) is 82.3 Å². The van der Waals surface area contributed by atoms with Crippen LogP contribution in [0.4, 0.5) is 13.2 Å². The number of halogens is 3. The average molecular weight is 1130 g/mol. The van der Waals surface area contributed by atoms with Gasteiger partial charge in [-0.2, -0.15) is 18.3 Å². The first kappa shape index (κ1) is 65.7. The summed E-state index contributed by atoms with van der Waals surface area (Å²) in [6, 6.07) is 9.93. The molecule has 80 heavy (non-hydrogen) atoms. The summed E-state index contributed by atoms with van der Waals surface area (Å²) < 4.78 is 66.6. The third kappa shape index (κ3) is 17.6. The standard InChI is InChI=1S/C59H83F3N6O12/c1-33(2)26-44-55(73)77-40(12)52(70)65(14)47(29-36(7)8)58(76)80-49(31-42-22-24-43(25-23-42)32-68-38(10)50(37(9)63-68)59(60,61)62)54(72)67(16)45(27-34(3)4)56(74)78-39(11)51(69)64(13)46(28-35(5)6)57(75)79-48(53(71)66(44)15)30-41-20-18-17-19-21-41/h17-25,33-36,39-40,44-49H,26-32H2,1-16H3/t39-,40-,44+,45+,46+,47+,48-,49-/m1/s1. The lowest BCUT2D eigenvalue weighted by Gasteiger charge is -2.35. The zero-order valence-electron chi connectivity index (χ0n) is 49.3. The fourth-order valence-electron chi connectivity index (χ4n) is 9.74. The largest absolute Gasteiger partial charge is 0.451 e. The highest BCUT2D eigenvalue weighted by Crippen LogP contribution is 2.34. The zero-order chi connectivity index (χ0) is 60.2. The van der Waals surface area contributed by atoms with Crippen LogP contribution in [-0.4, -0.2) is 154 Å². The Balaban J connectivity index is 1.86. The second-order valence-corrected chi connectivity index (χ2v) is 22.8. The summed E-state index contributed by atoms with van der Waals surface area (Å²) in [7, 11) is 5.38. The van der Waals surface area contributed by atoms with Gasteiger partial charge in [0.25, 0.3) is 23.6 Å². The molecule has 2 heterocycles. The lowest BCUT2D eigenvalue weighted by Crippen LogP contribution is -2.55. The Bertz CT molecular complexity index is 2620. The molecule has 0 aliphatic carbocycles. The number of esters is 4. The number of nitrogens with zero attached hydrogens (tertiary/aromatic N) is 6. The van der Waals surface area contributed by atoms with E-state index in [-0.39, 0.29) is 80.1 Å². The Morgan fingerprint density at radius 1 is 0.475 bits per heavy atom. The van der Waals surface area contributed by atoms with Crippen molar-refractivity contribution in [3.05, 3.63) is 88.2 Å². The fraction of sp³-hybridized carbons (Fsp3) is 0.610. The molecule has 1 fully saturated rings. The van der Waals surface area contributed by atoms with E-state index in [9.17, 15) is 51.5 Å². The predicted octanol–water partition coefficient (Wildman–Crippen LogP) is 7.55. The molecule has 3 aromatic rings. The van der Waals surface area contributed by atoms with Gasteiger partial charge in [0.2, 0.25) is 0 Å². The molecule has 2 aromatic carbocycles. The third-order valence-corrected chi connectivity index (χ3v) is 14.2. The van der Waals surface area contributed by atoms with Gasteiger partial charge in [0.15, 0.2) is 24.4 Å². The van der Waals surface area contributed by atoms with Crippen LogP contribution in [0.25, 0.3) is 0 Å². The Morgan fingerprint density at radius 3 is 1.11 bits per heavy atom. The van der Waals surface area contributed by atoms with Crippen molar-refractivity contribution in [2.45, 2.75) is 183 Å². The molecule has 18 nitrogen and oxygen atoms in total. The van der Waals surface area contributed by atoms with E-state index in [2.05, 4.69) is 5.10 Å². The molecular weight excluding hydrogens is 1040 g/mol. The van der Waals surface area contributed by atoms with Gasteiger partial charge in [0.05, 0.1) is 17.8 Å². The molecule has 21 heteroatoms. The topological polar surface area (TPSA) is 204 Å². The number of likely N-dealkylation sites (N-methyl/N-ethyl adjacent to an activating group) is 4. The van der Waals surface area contributed by atoms with Crippen molar-refractivity contribution in [3.63, 3.8) is 0 Å². The number of amides is 4. The van der Waals surface area contributed by atoms with Crippen LogP contribution in [0.2, 0.25) is 0 Å². The molecule has 4 amide bonds. The van der Waals surface area contributed by atoms with Crippen molar-refractivity contribution >= 4 is 47.5 Å². The Kier molecular flexibility index (Phi) is 23.5. The van der Waals surface area contributed by atoms with Gasteiger partial charge in [0.1, 0.15) is 24.2 Å². The smallest absolute Gasteiger partial charge is 0.419 e. The van der Waals surface area contributed by atoms with E-state index in [0.29, 0.717) is 16.7 Å². The first-order chi connectivity index (χ1) is 37.2. The Morgan fingerprint density at radius 2 is 0.787 bits per heavy atom. The van der Waals surface area contributed by atoms with E-state index in [1.165, 1.54) is 60.6 Å². The quantitative estimate of drug-likeness (QED) is 0.113. The van der Waals surface area contributed by atoms with Crippen LogP contribution >= 0.6 is 0 Å². The first-order valence-electron chi connectivity index (χ1n) is 27.3. The summed E-state index contributed by atoms with van der Waals surface area (Å²) in [4.78, 5) is 121. The van der Waals surface area contributed by atoms with Gasteiger partial charge in [-0.05, 0) is 93.7 Å². The van der Waals surface area contributed by atoms with Crippen molar-refractivity contribution in [2.24, 2.45) is 23.7 Å². The molecule has 0 spiro atoms. The number of alkyl halides is 3. The highest BCUT2D eigenvalue weighted by molar-refractivity contribution is 5.94. The van der Waals surface area contributed by atoms with Crippen LogP contribution in [0.1, 0.15) is 129 Å². The highest BCUT2D eigenvalue weighted by atomic mass is 19.4. The number of hydrogen-bond acceptors (Lipinski definition) is 13. The molecule has 1 aliphatic heterocycles. The van der Waals surface area contributed by atoms with Gasteiger partial charge in [-0.3, -0.25) is 23.9 Å². The summed E-state index contributed by atoms with van der Waals surface area (Å²) in [6.45, 7) is 19.7. The molecule has 4 rings (SSSR count). The van der Waals surface area contributed by atoms with Gasteiger partial charge in [-0.25, -0.2) is 19.2 Å². The number of aryl methyl sites for hydroxylation is 1. The molecular formula is C59H83F3N6O12. The van der Waals surface area contributed by atoms with Crippen molar-refractivity contribution in [2.75, 3.05) is 28.2 Å².